The summed E-state index contributed by atoms with van der Waals surface area (Å²) in [5, 5.41) is 10.3. The Morgan fingerprint density at radius 1 is 1.06 bits per heavy atom. The maximum Gasteiger partial charge on any atom is 0.295 e. The van der Waals surface area contributed by atoms with E-state index in [4.69, 9.17) is 5.11 Å². The summed E-state index contributed by atoms with van der Waals surface area (Å²) in [6.07, 6.45) is 0. The Hall–Kier alpha value is -1.48. The third-order valence-corrected chi connectivity index (χ3v) is 2.62. The van der Waals surface area contributed by atoms with Crippen molar-refractivity contribution in [3.8, 4) is 0 Å². The van der Waals surface area contributed by atoms with Crippen molar-refractivity contribution in [2.45, 2.75) is 12.8 Å². The molecule has 16 heavy (non-hydrogen) atoms. The average molecular weight is 222 g/mol. The number of rotatable bonds is 2. The second-order valence-corrected chi connectivity index (χ2v) is 3.93. The fourth-order valence-corrected chi connectivity index (χ4v) is 1.68. The number of halogens is 2. The minimum Gasteiger partial charge on any atom is -0.390 e. The summed E-state index contributed by atoms with van der Waals surface area (Å²) in [5.74, 6) is -3.17. The number of hydrogen-bond acceptors (Lipinski definition) is 1. The molecule has 0 aliphatic rings. The lowest BCUT2D eigenvalue weighted by atomic mass is 10.0. The SMILES string of the molecule is Cc1ccc2cc(C(F)(F)CO)ccc2c1. The van der Waals surface area contributed by atoms with E-state index < -0.39 is 12.5 Å². The van der Waals surface area contributed by atoms with Gasteiger partial charge in [0.05, 0.1) is 0 Å². The molecule has 2 aromatic carbocycles. The molecular weight excluding hydrogens is 210 g/mol. The fourth-order valence-electron chi connectivity index (χ4n) is 1.68. The van der Waals surface area contributed by atoms with Gasteiger partial charge in [0, 0.05) is 5.56 Å². The van der Waals surface area contributed by atoms with Crippen molar-refractivity contribution in [2.75, 3.05) is 6.61 Å². The standard InChI is InChI=1S/C13H12F2O/c1-9-2-3-11-7-12(13(14,15)8-16)5-4-10(11)6-9/h2-7,16H,8H2,1H3. The van der Waals surface area contributed by atoms with E-state index in [-0.39, 0.29) is 5.56 Å². The zero-order chi connectivity index (χ0) is 11.8. The highest BCUT2D eigenvalue weighted by Gasteiger charge is 2.30. The van der Waals surface area contributed by atoms with Gasteiger partial charge in [-0.1, -0.05) is 35.9 Å². The van der Waals surface area contributed by atoms with Gasteiger partial charge in [-0.3, -0.25) is 0 Å². The Morgan fingerprint density at radius 3 is 2.38 bits per heavy atom. The molecule has 0 saturated heterocycles. The molecule has 0 saturated carbocycles. The van der Waals surface area contributed by atoms with E-state index in [2.05, 4.69) is 0 Å². The fraction of sp³-hybridized carbons (Fsp3) is 0.231. The quantitative estimate of drug-likeness (QED) is 0.827. The lowest BCUT2D eigenvalue weighted by Gasteiger charge is -2.14. The molecular formula is C13H12F2O. The molecule has 0 aromatic heterocycles. The van der Waals surface area contributed by atoms with Gasteiger partial charge in [-0.05, 0) is 23.8 Å². The van der Waals surface area contributed by atoms with Gasteiger partial charge >= 0.3 is 0 Å². The van der Waals surface area contributed by atoms with Crippen LogP contribution in [0.4, 0.5) is 8.78 Å². The average Bonchev–Trinajstić information content (AvgIpc) is 2.28. The Morgan fingerprint density at radius 2 is 1.69 bits per heavy atom. The molecule has 84 valence electrons. The molecule has 0 aliphatic carbocycles. The third kappa shape index (κ3) is 1.91. The molecule has 0 fully saturated rings. The smallest absolute Gasteiger partial charge is 0.295 e. The van der Waals surface area contributed by atoms with Crippen LogP contribution in [0.3, 0.4) is 0 Å². The zero-order valence-corrected chi connectivity index (χ0v) is 8.87. The molecule has 2 aromatic rings. The molecule has 0 atom stereocenters. The first kappa shape index (κ1) is 11.0. The molecule has 0 aliphatic heterocycles. The van der Waals surface area contributed by atoms with E-state index in [0.29, 0.717) is 0 Å². The number of aryl methyl sites for hydroxylation is 1. The van der Waals surface area contributed by atoms with Crippen molar-refractivity contribution in [1.82, 2.24) is 0 Å². The third-order valence-electron chi connectivity index (χ3n) is 2.62. The second kappa shape index (κ2) is 3.83. The molecule has 3 heteroatoms. The summed E-state index contributed by atoms with van der Waals surface area (Å²) >= 11 is 0. The summed E-state index contributed by atoms with van der Waals surface area (Å²) in [7, 11) is 0. The van der Waals surface area contributed by atoms with Gasteiger partial charge in [0.15, 0.2) is 0 Å². The summed E-state index contributed by atoms with van der Waals surface area (Å²) in [6.45, 7) is 0.792. The molecule has 0 amide bonds. The lowest BCUT2D eigenvalue weighted by molar-refractivity contribution is -0.0555. The largest absolute Gasteiger partial charge is 0.390 e. The highest BCUT2D eigenvalue weighted by molar-refractivity contribution is 5.83. The normalized spacial score (nSPS) is 12.0. The molecule has 0 spiro atoms. The van der Waals surface area contributed by atoms with E-state index in [1.807, 2.05) is 25.1 Å². The Kier molecular flexibility index (Phi) is 2.64. The topological polar surface area (TPSA) is 20.2 Å². The van der Waals surface area contributed by atoms with Crippen molar-refractivity contribution in [3.05, 3.63) is 47.5 Å². The molecule has 1 N–H and O–H groups in total. The van der Waals surface area contributed by atoms with E-state index in [1.165, 1.54) is 12.1 Å². The van der Waals surface area contributed by atoms with Gasteiger partial charge < -0.3 is 5.11 Å². The van der Waals surface area contributed by atoms with Crippen molar-refractivity contribution >= 4 is 10.8 Å². The zero-order valence-electron chi connectivity index (χ0n) is 8.87. The number of alkyl halides is 2. The van der Waals surface area contributed by atoms with Crippen molar-refractivity contribution in [1.29, 1.82) is 0 Å². The first-order valence-corrected chi connectivity index (χ1v) is 5.02. The van der Waals surface area contributed by atoms with Crippen LogP contribution >= 0.6 is 0 Å². The van der Waals surface area contributed by atoms with Crippen LogP contribution in [0.1, 0.15) is 11.1 Å². The van der Waals surface area contributed by atoms with Crippen molar-refractivity contribution in [2.24, 2.45) is 0 Å². The van der Waals surface area contributed by atoms with Gasteiger partial charge in [-0.25, -0.2) is 0 Å². The minimum absolute atomic E-state index is 0.147. The molecule has 0 bridgehead atoms. The van der Waals surface area contributed by atoms with Crippen molar-refractivity contribution < 1.29 is 13.9 Å². The molecule has 1 nitrogen and oxygen atoms in total. The first-order chi connectivity index (χ1) is 7.53. The first-order valence-electron chi connectivity index (χ1n) is 5.02. The van der Waals surface area contributed by atoms with Gasteiger partial charge in [0.25, 0.3) is 5.92 Å². The highest BCUT2D eigenvalue weighted by Crippen LogP contribution is 2.29. The van der Waals surface area contributed by atoms with E-state index >= 15 is 0 Å². The van der Waals surface area contributed by atoms with E-state index in [0.717, 1.165) is 16.3 Å². The number of hydrogen-bond donors (Lipinski definition) is 1. The van der Waals surface area contributed by atoms with Crippen LogP contribution < -0.4 is 0 Å². The molecule has 0 unspecified atom stereocenters. The summed E-state index contributed by atoms with van der Waals surface area (Å²) in [4.78, 5) is 0. The van der Waals surface area contributed by atoms with Crippen LogP contribution in [0.5, 0.6) is 0 Å². The van der Waals surface area contributed by atoms with Gasteiger partial charge in [-0.2, -0.15) is 8.78 Å². The van der Waals surface area contributed by atoms with Crippen LogP contribution in [0, 0.1) is 6.92 Å². The molecule has 2 rings (SSSR count). The Balaban J connectivity index is 2.57. The maximum absolute atomic E-state index is 13.2. The molecule has 0 radical (unpaired) electrons. The summed E-state index contributed by atoms with van der Waals surface area (Å²) in [5.41, 5.74) is 0.945. The number of benzene rings is 2. The number of aliphatic hydroxyl groups excluding tert-OH is 1. The van der Waals surface area contributed by atoms with E-state index in [9.17, 15) is 8.78 Å². The molecule has 0 heterocycles. The Labute approximate surface area is 92.3 Å². The van der Waals surface area contributed by atoms with Crippen LogP contribution in [-0.4, -0.2) is 11.7 Å². The van der Waals surface area contributed by atoms with Crippen LogP contribution in [0.25, 0.3) is 10.8 Å². The van der Waals surface area contributed by atoms with Gasteiger partial charge in [-0.15, -0.1) is 0 Å². The predicted octanol–water partition coefficient (Wildman–Crippen LogP) is 3.23. The van der Waals surface area contributed by atoms with Gasteiger partial charge in [0.2, 0.25) is 0 Å². The van der Waals surface area contributed by atoms with Crippen LogP contribution in [-0.2, 0) is 5.92 Å². The van der Waals surface area contributed by atoms with Crippen LogP contribution in [0.2, 0.25) is 0 Å². The van der Waals surface area contributed by atoms with Crippen LogP contribution in [0.15, 0.2) is 36.4 Å². The monoisotopic (exact) mass is 222 g/mol. The predicted molar refractivity (Wildman–Crippen MR) is 59.7 cm³/mol. The Bertz CT molecular complexity index is 520. The minimum atomic E-state index is -3.17. The highest BCUT2D eigenvalue weighted by atomic mass is 19.3. The number of aliphatic hydroxyl groups is 1. The van der Waals surface area contributed by atoms with Gasteiger partial charge in [0.1, 0.15) is 6.61 Å². The number of fused-ring (bicyclic) bond motifs is 1. The maximum atomic E-state index is 13.2. The summed E-state index contributed by atoms with van der Waals surface area (Å²) in [6, 6.07) is 10.1. The summed E-state index contributed by atoms with van der Waals surface area (Å²) < 4.78 is 26.5. The van der Waals surface area contributed by atoms with Crippen molar-refractivity contribution in [3.63, 3.8) is 0 Å². The van der Waals surface area contributed by atoms with E-state index in [1.54, 1.807) is 6.07 Å². The second-order valence-electron chi connectivity index (χ2n) is 3.93. The lowest BCUT2D eigenvalue weighted by Crippen LogP contribution is -2.18.